The molecule has 0 radical (unpaired) electrons. The van der Waals surface area contributed by atoms with E-state index in [9.17, 15) is 4.79 Å². The molecule has 0 saturated heterocycles. The van der Waals surface area contributed by atoms with E-state index in [4.69, 9.17) is 27.6 Å². The molecule has 2 heterocycles. The summed E-state index contributed by atoms with van der Waals surface area (Å²) in [7, 11) is 1.78. The summed E-state index contributed by atoms with van der Waals surface area (Å²) in [6.45, 7) is 0.548. The van der Waals surface area contributed by atoms with E-state index >= 15 is 0 Å². The van der Waals surface area contributed by atoms with E-state index in [2.05, 4.69) is 4.98 Å². The average molecular weight is 395 g/mol. The van der Waals surface area contributed by atoms with Crippen LogP contribution in [0.5, 0.6) is 0 Å². The van der Waals surface area contributed by atoms with Gasteiger partial charge in [0, 0.05) is 30.3 Å². The number of thiophene rings is 1. The Morgan fingerprint density at radius 2 is 2.04 bits per heavy atom. The van der Waals surface area contributed by atoms with Gasteiger partial charge in [0.15, 0.2) is 11.7 Å². The molecule has 0 N–H and O–H groups in total. The Bertz CT molecular complexity index is 875. The van der Waals surface area contributed by atoms with Crippen LogP contribution in [-0.4, -0.2) is 22.8 Å². The third-order valence-electron chi connectivity index (χ3n) is 3.69. The van der Waals surface area contributed by atoms with Crippen molar-refractivity contribution in [2.24, 2.45) is 0 Å². The third-order valence-corrected chi connectivity index (χ3v) is 5.24. The van der Waals surface area contributed by atoms with Crippen LogP contribution in [0.3, 0.4) is 0 Å². The highest BCUT2D eigenvalue weighted by molar-refractivity contribution is 7.16. The minimum atomic E-state index is 0.0296. The summed E-state index contributed by atoms with van der Waals surface area (Å²) in [6.07, 6.45) is 2.41. The summed E-state index contributed by atoms with van der Waals surface area (Å²) < 4.78 is 6.45. The van der Waals surface area contributed by atoms with Gasteiger partial charge in [-0.05, 0) is 24.3 Å². The number of aryl methyl sites for hydroxylation is 1. The summed E-state index contributed by atoms with van der Waals surface area (Å²) in [5, 5.41) is 0.607. The van der Waals surface area contributed by atoms with E-state index < -0.39 is 0 Å². The lowest BCUT2D eigenvalue weighted by atomic mass is 10.2. The fraction of sp³-hybridized carbons (Fsp3) is 0.222. The maximum absolute atomic E-state index is 12.3. The molecule has 3 rings (SSSR count). The van der Waals surface area contributed by atoms with Crippen LogP contribution < -0.4 is 0 Å². The van der Waals surface area contributed by atoms with Gasteiger partial charge in [-0.25, -0.2) is 4.98 Å². The van der Waals surface area contributed by atoms with E-state index in [0.29, 0.717) is 36.1 Å². The molecular formula is C18H16Cl2N2O2S. The Kier molecular flexibility index (Phi) is 5.78. The van der Waals surface area contributed by atoms with E-state index in [1.54, 1.807) is 24.2 Å². The number of carbonyl (C=O) groups is 1. The first kappa shape index (κ1) is 18.0. The van der Waals surface area contributed by atoms with Crippen LogP contribution in [0.2, 0.25) is 9.36 Å². The standard InChI is InChI=1S/C18H16Cl2N2O2S/c1-22(11-12-6-7-16(20)25-12)18(23)9-8-17-21-10-15(24-17)13-4-2-3-5-14(13)19/h2-7,10H,8-9,11H2,1H3. The molecule has 25 heavy (non-hydrogen) atoms. The van der Waals surface area contributed by atoms with Gasteiger partial charge in [0.25, 0.3) is 0 Å². The number of halogens is 2. The zero-order chi connectivity index (χ0) is 17.8. The summed E-state index contributed by atoms with van der Waals surface area (Å²) in [6, 6.07) is 11.2. The van der Waals surface area contributed by atoms with Crippen LogP contribution in [0, 0.1) is 0 Å². The second-order valence-corrected chi connectivity index (χ2v) is 7.76. The predicted molar refractivity (Wildman–Crippen MR) is 101 cm³/mol. The Balaban J connectivity index is 1.56. The normalized spacial score (nSPS) is 10.8. The molecule has 1 aromatic carbocycles. The number of nitrogens with zero attached hydrogens (tertiary/aromatic N) is 2. The highest BCUT2D eigenvalue weighted by Crippen LogP contribution is 2.28. The molecule has 0 aliphatic heterocycles. The quantitative estimate of drug-likeness (QED) is 0.569. The molecule has 1 amide bonds. The van der Waals surface area contributed by atoms with Crippen molar-refractivity contribution in [2.45, 2.75) is 19.4 Å². The smallest absolute Gasteiger partial charge is 0.223 e. The molecule has 0 atom stereocenters. The number of amides is 1. The molecular weight excluding hydrogens is 379 g/mol. The van der Waals surface area contributed by atoms with Gasteiger partial charge in [-0.15, -0.1) is 11.3 Å². The summed E-state index contributed by atoms with van der Waals surface area (Å²) >= 11 is 13.6. The first-order valence-electron chi connectivity index (χ1n) is 7.70. The van der Waals surface area contributed by atoms with Crippen LogP contribution in [0.4, 0.5) is 0 Å². The number of hydrogen-bond acceptors (Lipinski definition) is 4. The number of rotatable bonds is 6. The minimum absolute atomic E-state index is 0.0296. The summed E-state index contributed by atoms with van der Waals surface area (Å²) in [4.78, 5) is 19.2. The molecule has 2 aromatic heterocycles. The molecule has 0 fully saturated rings. The SMILES string of the molecule is CN(Cc1ccc(Cl)s1)C(=O)CCc1ncc(-c2ccccc2Cl)o1. The maximum Gasteiger partial charge on any atom is 0.223 e. The Morgan fingerprint density at radius 3 is 2.76 bits per heavy atom. The number of aromatic nitrogens is 1. The van der Waals surface area contributed by atoms with Crippen molar-refractivity contribution in [1.82, 2.24) is 9.88 Å². The molecule has 3 aromatic rings. The lowest BCUT2D eigenvalue weighted by Crippen LogP contribution is -2.26. The van der Waals surface area contributed by atoms with Crippen LogP contribution >= 0.6 is 34.5 Å². The molecule has 0 unspecified atom stereocenters. The van der Waals surface area contributed by atoms with E-state index in [1.165, 1.54) is 11.3 Å². The highest BCUT2D eigenvalue weighted by atomic mass is 35.5. The van der Waals surface area contributed by atoms with Gasteiger partial charge in [-0.1, -0.05) is 35.3 Å². The minimum Gasteiger partial charge on any atom is -0.441 e. The Morgan fingerprint density at radius 1 is 1.24 bits per heavy atom. The summed E-state index contributed by atoms with van der Waals surface area (Å²) in [5.41, 5.74) is 0.793. The van der Waals surface area contributed by atoms with Crippen molar-refractivity contribution in [3.8, 4) is 11.3 Å². The van der Waals surface area contributed by atoms with Crippen molar-refractivity contribution in [3.05, 3.63) is 62.7 Å². The lowest BCUT2D eigenvalue weighted by molar-refractivity contribution is -0.130. The van der Waals surface area contributed by atoms with E-state index in [1.807, 2.05) is 30.3 Å². The molecule has 0 spiro atoms. The lowest BCUT2D eigenvalue weighted by Gasteiger charge is -2.15. The zero-order valence-electron chi connectivity index (χ0n) is 13.5. The first-order valence-corrected chi connectivity index (χ1v) is 9.28. The van der Waals surface area contributed by atoms with Gasteiger partial charge in [0.2, 0.25) is 5.91 Å². The second kappa shape index (κ2) is 8.04. The summed E-state index contributed by atoms with van der Waals surface area (Å²) in [5.74, 6) is 1.16. The molecule has 130 valence electrons. The topological polar surface area (TPSA) is 46.3 Å². The van der Waals surface area contributed by atoms with E-state index in [-0.39, 0.29) is 5.91 Å². The van der Waals surface area contributed by atoms with Crippen LogP contribution in [-0.2, 0) is 17.8 Å². The van der Waals surface area contributed by atoms with Gasteiger partial charge in [-0.2, -0.15) is 0 Å². The molecule has 7 heteroatoms. The molecule has 0 aliphatic rings. The Labute approximate surface area is 160 Å². The maximum atomic E-state index is 12.3. The van der Waals surface area contributed by atoms with Gasteiger partial charge in [-0.3, -0.25) is 4.79 Å². The van der Waals surface area contributed by atoms with Gasteiger partial charge in [0.1, 0.15) is 0 Å². The van der Waals surface area contributed by atoms with Crippen molar-refractivity contribution in [2.75, 3.05) is 7.05 Å². The molecule has 0 bridgehead atoms. The monoisotopic (exact) mass is 394 g/mol. The van der Waals surface area contributed by atoms with Crippen molar-refractivity contribution in [1.29, 1.82) is 0 Å². The molecule has 4 nitrogen and oxygen atoms in total. The largest absolute Gasteiger partial charge is 0.441 e. The van der Waals surface area contributed by atoms with Crippen molar-refractivity contribution in [3.63, 3.8) is 0 Å². The van der Waals surface area contributed by atoms with Crippen molar-refractivity contribution >= 4 is 40.4 Å². The van der Waals surface area contributed by atoms with Crippen LogP contribution in [0.25, 0.3) is 11.3 Å². The zero-order valence-corrected chi connectivity index (χ0v) is 15.9. The van der Waals surface area contributed by atoms with E-state index in [0.717, 1.165) is 14.8 Å². The highest BCUT2D eigenvalue weighted by Gasteiger charge is 2.14. The fourth-order valence-electron chi connectivity index (χ4n) is 2.37. The van der Waals surface area contributed by atoms with Crippen molar-refractivity contribution < 1.29 is 9.21 Å². The molecule has 0 saturated carbocycles. The number of carbonyl (C=O) groups excluding carboxylic acids is 1. The number of oxazole rings is 1. The average Bonchev–Trinajstić information content (AvgIpc) is 3.22. The van der Waals surface area contributed by atoms with Gasteiger partial charge < -0.3 is 9.32 Å². The third kappa shape index (κ3) is 4.63. The van der Waals surface area contributed by atoms with Crippen LogP contribution in [0.15, 0.2) is 47.0 Å². The van der Waals surface area contributed by atoms with Gasteiger partial charge >= 0.3 is 0 Å². The predicted octanol–water partition coefficient (Wildman–Crippen LogP) is 5.30. The Hall–Kier alpha value is -1.82. The molecule has 0 aliphatic carbocycles. The first-order chi connectivity index (χ1) is 12.0. The second-order valence-electron chi connectivity index (χ2n) is 5.55. The van der Waals surface area contributed by atoms with Gasteiger partial charge in [0.05, 0.1) is 22.1 Å². The fourth-order valence-corrected chi connectivity index (χ4v) is 3.74. The number of hydrogen-bond donors (Lipinski definition) is 0. The van der Waals surface area contributed by atoms with Crippen LogP contribution in [0.1, 0.15) is 17.2 Å². The number of benzene rings is 1.